The number of rotatable bonds is 4. The second kappa shape index (κ2) is 5.09. The van der Waals surface area contributed by atoms with Crippen molar-refractivity contribution in [2.24, 2.45) is 5.41 Å². The Hall–Kier alpha value is 0.310. The average molecular weight is 227 g/mol. The van der Waals surface area contributed by atoms with Gasteiger partial charge in [-0.05, 0) is 37.4 Å². The third-order valence-electron chi connectivity index (χ3n) is 4.57. The van der Waals surface area contributed by atoms with E-state index in [0.29, 0.717) is 0 Å². The predicted molar refractivity (Wildman–Crippen MR) is 69.5 cm³/mol. The van der Waals surface area contributed by atoms with Crippen LogP contribution in [0.3, 0.4) is 0 Å². The molecule has 2 fully saturated rings. The molecule has 0 aromatic rings. The molecule has 0 aromatic heterocycles. The monoisotopic (exact) mass is 227 g/mol. The molecular formula is C13H25NS. The zero-order chi connectivity index (χ0) is 10.7. The lowest BCUT2D eigenvalue weighted by molar-refractivity contribution is 0.0237. The first-order valence-corrected chi connectivity index (χ1v) is 7.82. The van der Waals surface area contributed by atoms with Crippen molar-refractivity contribution in [3.05, 3.63) is 0 Å². The van der Waals surface area contributed by atoms with Crippen molar-refractivity contribution in [3.8, 4) is 0 Å². The van der Waals surface area contributed by atoms with Crippen molar-refractivity contribution >= 4 is 11.8 Å². The first kappa shape index (κ1) is 11.8. The minimum atomic E-state index is 0.733. The molecule has 2 saturated carbocycles. The van der Waals surface area contributed by atoms with Crippen LogP contribution in [-0.2, 0) is 0 Å². The molecule has 2 atom stereocenters. The van der Waals surface area contributed by atoms with E-state index >= 15 is 0 Å². The molecule has 2 unspecified atom stereocenters. The first-order chi connectivity index (χ1) is 7.27. The Kier molecular flexibility index (Phi) is 4.00. The van der Waals surface area contributed by atoms with Crippen LogP contribution >= 0.6 is 11.8 Å². The Bertz CT molecular complexity index is 199. The second-order valence-corrected chi connectivity index (χ2v) is 6.75. The zero-order valence-electron chi connectivity index (χ0n) is 10.2. The van der Waals surface area contributed by atoms with Crippen LogP contribution < -0.4 is 5.32 Å². The molecule has 0 aromatic carbocycles. The molecule has 2 aliphatic carbocycles. The van der Waals surface area contributed by atoms with Crippen molar-refractivity contribution in [2.45, 2.75) is 63.2 Å². The first-order valence-electron chi connectivity index (χ1n) is 6.53. The highest BCUT2D eigenvalue weighted by Crippen LogP contribution is 2.51. The van der Waals surface area contributed by atoms with Gasteiger partial charge in [-0.1, -0.05) is 26.2 Å². The molecule has 2 rings (SSSR count). The van der Waals surface area contributed by atoms with Crippen LogP contribution in [0.15, 0.2) is 0 Å². The Morgan fingerprint density at radius 3 is 2.53 bits per heavy atom. The lowest BCUT2D eigenvalue weighted by atomic mass is 9.57. The summed E-state index contributed by atoms with van der Waals surface area (Å²) in [7, 11) is 0. The van der Waals surface area contributed by atoms with Crippen LogP contribution in [0.25, 0.3) is 0 Å². The van der Waals surface area contributed by atoms with E-state index in [1.807, 2.05) is 11.8 Å². The van der Waals surface area contributed by atoms with Crippen molar-refractivity contribution in [1.29, 1.82) is 0 Å². The lowest BCUT2D eigenvalue weighted by Gasteiger charge is -2.53. The maximum atomic E-state index is 3.81. The number of hydrogen-bond acceptors (Lipinski definition) is 2. The Balaban J connectivity index is 1.78. The maximum Gasteiger partial charge on any atom is 0.0141 e. The van der Waals surface area contributed by atoms with Gasteiger partial charge in [0.05, 0.1) is 0 Å². The van der Waals surface area contributed by atoms with Crippen LogP contribution in [0, 0.1) is 5.41 Å². The summed E-state index contributed by atoms with van der Waals surface area (Å²) in [4.78, 5) is 0. The minimum absolute atomic E-state index is 0.733. The molecule has 2 heteroatoms. The van der Waals surface area contributed by atoms with Crippen molar-refractivity contribution in [1.82, 2.24) is 5.32 Å². The molecule has 88 valence electrons. The molecule has 1 spiro atoms. The molecule has 0 amide bonds. The molecule has 1 nitrogen and oxygen atoms in total. The van der Waals surface area contributed by atoms with E-state index in [1.54, 1.807) is 0 Å². The predicted octanol–water partition coefficient (Wildman–Crippen LogP) is 3.44. The lowest BCUT2D eigenvalue weighted by Crippen LogP contribution is -2.55. The molecule has 0 aliphatic heterocycles. The number of nitrogens with one attached hydrogen (secondary N) is 1. The fraction of sp³-hybridized carbons (Fsp3) is 1.00. The molecule has 2 aliphatic rings. The summed E-state index contributed by atoms with van der Waals surface area (Å²) in [5, 5.41) is 4.58. The minimum Gasteiger partial charge on any atom is -0.312 e. The van der Waals surface area contributed by atoms with Gasteiger partial charge < -0.3 is 5.32 Å². The molecule has 0 radical (unpaired) electrons. The standard InChI is InChI=1S/C13H25NS/c1-11(15-2)10-14-12-6-9-13(12)7-4-3-5-8-13/h11-12,14H,3-10H2,1-2H3. The topological polar surface area (TPSA) is 12.0 Å². The largest absolute Gasteiger partial charge is 0.312 e. The average Bonchev–Trinajstić information content (AvgIpc) is 2.28. The van der Waals surface area contributed by atoms with Crippen LogP contribution in [0.4, 0.5) is 0 Å². The van der Waals surface area contributed by atoms with Gasteiger partial charge in [0, 0.05) is 17.8 Å². The summed E-state index contributed by atoms with van der Waals surface area (Å²) in [5.41, 5.74) is 0.733. The summed E-state index contributed by atoms with van der Waals surface area (Å²) < 4.78 is 0. The van der Waals surface area contributed by atoms with Crippen molar-refractivity contribution < 1.29 is 0 Å². The summed E-state index contributed by atoms with van der Waals surface area (Å²) in [6.07, 6.45) is 12.6. The van der Waals surface area contributed by atoms with Gasteiger partial charge in [0.1, 0.15) is 0 Å². The smallest absolute Gasteiger partial charge is 0.0141 e. The molecule has 0 heterocycles. The third kappa shape index (κ3) is 2.52. The highest BCUT2D eigenvalue weighted by molar-refractivity contribution is 7.99. The fourth-order valence-corrected chi connectivity index (χ4v) is 3.52. The van der Waals surface area contributed by atoms with Crippen LogP contribution in [0.1, 0.15) is 51.9 Å². The van der Waals surface area contributed by atoms with Gasteiger partial charge in [-0.3, -0.25) is 0 Å². The highest BCUT2D eigenvalue weighted by atomic mass is 32.2. The van der Waals surface area contributed by atoms with E-state index in [2.05, 4.69) is 18.5 Å². The van der Waals surface area contributed by atoms with Gasteiger partial charge in [-0.2, -0.15) is 11.8 Å². The summed E-state index contributed by atoms with van der Waals surface area (Å²) in [5.74, 6) is 0. The van der Waals surface area contributed by atoms with E-state index < -0.39 is 0 Å². The molecule has 0 saturated heterocycles. The third-order valence-corrected chi connectivity index (χ3v) is 5.54. The van der Waals surface area contributed by atoms with Crippen molar-refractivity contribution in [3.63, 3.8) is 0 Å². The van der Waals surface area contributed by atoms with Gasteiger partial charge in [0.2, 0.25) is 0 Å². The summed E-state index contributed by atoms with van der Waals surface area (Å²) >= 11 is 1.97. The second-order valence-electron chi connectivity index (χ2n) is 5.47. The number of thioether (sulfide) groups is 1. The summed E-state index contributed by atoms with van der Waals surface area (Å²) in [6, 6.07) is 0.854. The Morgan fingerprint density at radius 2 is 2.00 bits per heavy atom. The SMILES string of the molecule is CSC(C)CNC1CCC12CCCCC2. The Morgan fingerprint density at radius 1 is 1.27 bits per heavy atom. The number of hydrogen-bond donors (Lipinski definition) is 1. The fourth-order valence-electron chi connectivity index (χ4n) is 3.26. The quantitative estimate of drug-likeness (QED) is 0.789. The molecule has 0 bridgehead atoms. The normalized spacial score (nSPS) is 31.2. The van der Waals surface area contributed by atoms with Gasteiger partial charge in [0.15, 0.2) is 0 Å². The molecule has 15 heavy (non-hydrogen) atoms. The van der Waals surface area contributed by atoms with Gasteiger partial charge in [-0.25, -0.2) is 0 Å². The van der Waals surface area contributed by atoms with Gasteiger partial charge in [-0.15, -0.1) is 0 Å². The van der Waals surface area contributed by atoms with E-state index in [0.717, 1.165) is 16.7 Å². The zero-order valence-corrected chi connectivity index (χ0v) is 11.0. The highest BCUT2D eigenvalue weighted by Gasteiger charge is 2.46. The van der Waals surface area contributed by atoms with Gasteiger partial charge >= 0.3 is 0 Å². The van der Waals surface area contributed by atoms with Crippen LogP contribution in [0.5, 0.6) is 0 Å². The summed E-state index contributed by atoms with van der Waals surface area (Å²) in [6.45, 7) is 3.53. The van der Waals surface area contributed by atoms with Gasteiger partial charge in [0.25, 0.3) is 0 Å². The van der Waals surface area contributed by atoms with E-state index in [1.165, 1.54) is 51.5 Å². The van der Waals surface area contributed by atoms with E-state index in [4.69, 9.17) is 0 Å². The van der Waals surface area contributed by atoms with Crippen molar-refractivity contribution in [2.75, 3.05) is 12.8 Å². The van der Waals surface area contributed by atoms with E-state index in [-0.39, 0.29) is 0 Å². The Labute approximate surface area is 98.8 Å². The van der Waals surface area contributed by atoms with Crippen LogP contribution in [0.2, 0.25) is 0 Å². The molecular weight excluding hydrogens is 202 g/mol. The maximum absolute atomic E-state index is 3.81. The van der Waals surface area contributed by atoms with E-state index in [9.17, 15) is 0 Å². The van der Waals surface area contributed by atoms with Crippen LogP contribution in [-0.4, -0.2) is 24.1 Å². The molecule has 1 N–H and O–H groups in total.